The minimum atomic E-state index is -1.07. The smallest absolute Gasteiger partial charge is 0.335 e. The lowest BCUT2D eigenvalue weighted by atomic mass is 10.2. The van der Waals surface area contributed by atoms with Gasteiger partial charge >= 0.3 is 12.0 Å². The average molecular weight is 303 g/mol. The molecule has 0 bridgehead atoms. The summed E-state index contributed by atoms with van der Waals surface area (Å²) in [5.74, 6) is -1.07. The molecule has 0 fully saturated rings. The molecule has 0 heterocycles. The van der Waals surface area contributed by atoms with Gasteiger partial charge < -0.3 is 15.7 Å². The van der Waals surface area contributed by atoms with Gasteiger partial charge in [0.05, 0.1) is 16.3 Å². The summed E-state index contributed by atoms with van der Waals surface area (Å²) in [4.78, 5) is 22.5. The Hall–Kier alpha value is -1.40. The average Bonchev–Trinajstić information content (AvgIpc) is 2.38. The third-order valence-corrected chi connectivity index (χ3v) is 3.71. The van der Waals surface area contributed by atoms with Crippen molar-refractivity contribution in [1.29, 1.82) is 0 Å². The number of carboxylic acid groups (broad SMARTS) is 1. The molecule has 3 N–H and O–H groups in total. The van der Waals surface area contributed by atoms with Crippen molar-refractivity contribution in [1.82, 2.24) is 5.32 Å². The molecule has 5 nitrogen and oxygen atoms in total. The van der Waals surface area contributed by atoms with Crippen LogP contribution in [0.2, 0.25) is 5.02 Å². The number of urea groups is 1. The highest BCUT2D eigenvalue weighted by molar-refractivity contribution is 7.99. The van der Waals surface area contributed by atoms with E-state index in [9.17, 15) is 9.59 Å². The number of benzene rings is 1. The van der Waals surface area contributed by atoms with E-state index in [1.165, 1.54) is 18.2 Å². The summed E-state index contributed by atoms with van der Waals surface area (Å²) >= 11 is 7.53. The van der Waals surface area contributed by atoms with E-state index in [1.54, 1.807) is 11.8 Å². The van der Waals surface area contributed by atoms with Crippen LogP contribution in [0.15, 0.2) is 18.2 Å². The summed E-state index contributed by atoms with van der Waals surface area (Å²) in [5, 5.41) is 14.7. The van der Waals surface area contributed by atoms with Crippen LogP contribution in [-0.4, -0.2) is 35.2 Å². The Morgan fingerprint density at radius 1 is 1.47 bits per heavy atom. The van der Waals surface area contributed by atoms with Gasteiger partial charge in [0.2, 0.25) is 0 Å². The minimum absolute atomic E-state index is 0.0668. The van der Waals surface area contributed by atoms with Crippen LogP contribution in [0.5, 0.6) is 0 Å². The summed E-state index contributed by atoms with van der Waals surface area (Å²) < 4.78 is 0. The molecule has 1 rings (SSSR count). The zero-order valence-corrected chi connectivity index (χ0v) is 12.1. The van der Waals surface area contributed by atoms with E-state index >= 15 is 0 Å². The number of amides is 2. The first-order chi connectivity index (χ1) is 8.93. The maximum absolute atomic E-state index is 11.6. The van der Waals surface area contributed by atoms with Crippen LogP contribution in [-0.2, 0) is 0 Å². The highest BCUT2D eigenvalue weighted by atomic mass is 35.5. The molecule has 0 saturated heterocycles. The molecule has 1 aromatic carbocycles. The van der Waals surface area contributed by atoms with Crippen molar-refractivity contribution in [2.75, 3.05) is 18.1 Å². The van der Waals surface area contributed by atoms with E-state index in [1.807, 2.05) is 13.2 Å². The van der Waals surface area contributed by atoms with E-state index in [-0.39, 0.29) is 16.3 Å². The van der Waals surface area contributed by atoms with Crippen molar-refractivity contribution < 1.29 is 14.7 Å². The molecule has 0 aromatic heterocycles. The number of rotatable bonds is 5. The number of carbonyl (C=O) groups excluding carboxylic acids is 1. The van der Waals surface area contributed by atoms with Crippen LogP contribution in [0.25, 0.3) is 0 Å². The molecule has 0 aliphatic carbocycles. The third kappa shape index (κ3) is 5.00. The Kier molecular flexibility index (Phi) is 5.98. The van der Waals surface area contributed by atoms with Gasteiger partial charge in [-0.05, 0) is 24.5 Å². The molecular formula is C12H15ClN2O3S. The van der Waals surface area contributed by atoms with Gasteiger partial charge in [0.25, 0.3) is 0 Å². The Balaban J connectivity index is 2.68. The molecule has 1 unspecified atom stereocenters. The number of hydrogen-bond acceptors (Lipinski definition) is 3. The SMILES string of the molecule is CSC(C)CNC(=O)Nc1cc(C(=O)O)ccc1Cl. The van der Waals surface area contributed by atoms with Crippen LogP contribution < -0.4 is 10.6 Å². The highest BCUT2D eigenvalue weighted by Gasteiger charge is 2.10. The Labute approximate surface area is 120 Å². The van der Waals surface area contributed by atoms with Crippen molar-refractivity contribution in [3.05, 3.63) is 28.8 Å². The van der Waals surface area contributed by atoms with Gasteiger partial charge in [-0.3, -0.25) is 0 Å². The van der Waals surface area contributed by atoms with E-state index in [0.29, 0.717) is 11.8 Å². The lowest BCUT2D eigenvalue weighted by molar-refractivity contribution is 0.0697. The second-order valence-electron chi connectivity index (χ2n) is 3.88. The molecular weight excluding hydrogens is 288 g/mol. The number of carboxylic acids is 1. The zero-order chi connectivity index (χ0) is 14.4. The van der Waals surface area contributed by atoms with Crippen LogP contribution in [0.3, 0.4) is 0 Å². The quantitative estimate of drug-likeness (QED) is 0.781. The summed E-state index contributed by atoms with van der Waals surface area (Å²) in [7, 11) is 0. The number of thioether (sulfide) groups is 1. The molecule has 7 heteroatoms. The van der Waals surface area contributed by atoms with E-state index < -0.39 is 12.0 Å². The molecule has 19 heavy (non-hydrogen) atoms. The summed E-state index contributed by atoms with van der Waals surface area (Å²) in [6.07, 6.45) is 1.96. The van der Waals surface area contributed by atoms with Gasteiger partial charge in [-0.15, -0.1) is 0 Å². The predicted molar refractivity (Wildman–Crippen MR) is 78.4 cm³/mol. The summed E-state index contributed by atoms with van der Waals surface area (Å²) in [5.41, 5.74) is 0.341. The topological polar surface area (TPSA) is 78.4 Å². The molecule has 104 valence electrons. The van der Waals surface area contributed by atoms with Crippen molar-refractivity contribution in [3.8, 4) is 0 Å². The van der Waals surface area contributed by atoms with Crippen molar-refractivity contribution in [3.63, 3.8) is 0 Å². The van der Waals surface area contributed by atoms with Gasteiger partial charge in [0.1, 0.15) is 0 Å². The Morgan fingerprint density at radius 3 is 2.74 bits per heavy atom. The predicted octanol–water partition coefficient (Wildman–Crippen LogP) is 2.91. The number of halogens is 1. The first kappa shape index (κ1) is 15.7. The van der Waals surface area contributed by atoms with Gasteiger partial charge in [0.15, 0.2) is 0 Å². The first-order valence-electron chi connectivity index (χ1n) is 5.54. The number of nitrogens with one attached hydrogen (secondary N) is 2. The Bertz CT molecular complexity index is 482. The molecule has 0 radical (unpaired) electrons. The summed E-state index contributed by atoms with van der Waals surface area (Å²) in [6.45, 7) is 2.51. The number of carbonyl (C=O) groups is 2. The molecule has 1 aromatic rings. The summed E-state index contributed by atoms with van der Waals surface area (Å²) in [6, 6.07) is 3.72. The molecule has 0 spiro atoms. The van der Waals surface area contributed by atoms with Crippen molar-refractivity contribution >= 4 is 41.1 Å². The molecule has 0 saturated carbocycles. The fourth-order valence-corrected chi connectivity index (χ4v) is 1.66. The van der Waals surface area contributed by atoms with Gasteiger partial charge in [0, 0.05) is 11.8 Å². The number of hydrogen-bond donors (Lipinski definition) is 3. The highest BCUT2D eigenvalue weighted by Crippen LogP contribution is 2.23. The van der Waals surface area contributed by atoms with Gasteiger partial charge in [-0.2, -0.15) is 11.8 Å². The van der Waals surface area contributed by atoms with E-state index in [0.717, 1.165) is 0 Å². The second kappa shape index (κ2) is 7.25. The van der Waals surface area contributed by atoms with Crippen molar-refractivity contribution in [2.24, 2.45) is 0 Å². The maximum Gasteiger partial charge on any atom is 0.335 e. The lowest BCUT2D eigenvalue weighted by Gasteiger charge is -2.12. The lowest BCUT2D eigenvalue weighted by Crippen LogP contribution is -2.33. The minimum Gasteiger partial charge on any atom is -0.478 e. The number of aromatic carboxylic acids is 1. The fraction of sp³-hybridized carbons (Fsp3) is 0.333. The first-order valence-corrected chi connectivity index (χ1v) is 7.21. The van der Waals surface area contributed by atoms with Gasteiger partial charge in [-0.25, -0.2) is 9.59 Å². The third-order valence-electron chi connectivity index (χ3n) is 2.41. The standard InChI is InChI=1S/C12H15ClN2O3S/c1-7(19-2)6-14-12(18)15-10-5-8(11(16)17)3-4-9(10)13/h3-5,7H,6H2,1-2H3,(H,16,17)(H2,14,15,18). The maximum atomic E-state index is 11.6. The molecule has 0 aliphatic rings. The monoisotopic (exact) mass is 302 g/mol. The Morgan fingerprint density at radius 2 is 2.16 bits per heavy atom. The molecule has 1 atom stereocenters. The van der Waals surface area contributed by atoms with Gasteiger partial charge in [-0.1, -0.05) is 18.5 Å². The molecule has 2 amide bonds. The number of anilines is 1. The largest absolute Gasteiger partial charge is 0.478 e. The van der Waals surface area contributed by atoms with Crippen molar-refractivity contribution in [2.45, 2.75) is 12.2 Å². The van der Waals surface area contributed by atoms with Crippen LogP contribution >= 0.6 is 23.4 Å². The van der Waals surface area contributed by atoms with Crippen LogP contribution in [0.1, 0.15) is 17.3 Å². The van der Waals surface area contributed by atoms with E-state index in [4.69, 9.17) is 16.7 Å². The normalized spacial score (nSPS) is 11.7. The second-order valence-corrected chi connectivity index (χ2v) is 5.56. The van der Waals surface area contributed by atoms with E-state index in [2.05, 4.69) is 10.6 Å². The zero-order valence-electron chi connectivity index (χ0n) is 10.6. The van der Waals surface area contributed by atoms with Crippen LogP contribution in [0, 0.1) is 0 Å². The molecule has 0 aliphatic heterocycles. The fourth-order valence-electron chi connectivity index (χ4n) is 1.24. The van der Waals surface area contributed by atoms with Crippen LogP contribution in [0.4, 0.5) is 10.5 Å².